The molecule has 0 aliphatic heterocycles. The summed E-state index contributed by atoms with van der Waals surface area (Å²) in [4.78, 5) is 43.9. The van der Waals surface area contributed by atoms with Gasteiger partial charge in [0, 0.05) is 17.5 Å². The third kappa shape index (κ3) is 8.47. The first-order valence-electron chi connectivity index (χ1n) is 11.8. The van der Waals surface area contributed by atoms with Crippen LogP contribution in [0.5, 0.6) is 0 Å². The van der Waals surface area contributed by atoms with E-state index < -0.39 is 34.0 Å². The average Bonchev–Trinajstić information content (AvgIpc) is 3.51. The summed E-state index contributed by atoms with van der Waals surface area (Å²) in [6.07, 6.45) is 0.229. The number of carbonyl (C=O) groups excluding carboxylic acids is 2. The number of carbonyl (C=O) groups is 2. The molecule has 13 nitrogen and oxygen atoms in total. The number of aromatic nitrogens is 2. The van der Waals surface area contributed by atoms with E-state index in [1.54, 1.807) is 35.7 Å². The normalized spacial score (nSPS) is 12.2. The van der Waals surface area contributed by atoms with E-state index in [2.05, 4.69) is 25.3 Å². The fourth-order valence-electron chi connectivity index (χ4n) is 3.62. The lowest BCUT2D eigenvalue weighted by atomic mass is 10.1. The SMILES string of the molecule is NS(=O)(=O)NCCCC[C@H](NC(=O)OCc1ccccc1)C(=O)Nc1nc(-c2ccc3[nH]c(=O)oc3c2)cs1. The first-order valence-corrected chi connectivity index (χ1v) is 14.2. The Morgan fingerprint density at radius 2 is 1.95 bits per heavy atom. The van der Waals surface area contributed by atoms with Crippen LogP contribution in [0.3, 0.4) is 0 Å². The first-order chi connectivity index (χ1) is 18.7. The van der Waals surface area contributed by atoms with Crippen molar-refractivity contribution in [1.29, 1.82) is 0 Å². The number of alkyl carbamates (subject to hydrolysis) is 1. The number of nitrogens with one attached hydrogen (secondary N) is 4. The zero-order valence-corrected chi connectivity index (χ0v) is 22.1. The monoisotopic (exact) mass is 574 g/mol. The molecular formula is C24H26N6O7S2. The van der Waals surface area contributed by atoms with Crippen molar-refractivity contribution in [2.45, 2.75) is 31.9 Å². The molecule has 0 aliphatic carbocycles. The predicted octanol–water partition coefficient (Wildman–Crippen LogP) is 2.44. The number of hydrogen-bond donors (Lipinski definition) is 5. The predicted molar refractivity (Wildman–Crippen MR) is 145 cm³/mol. The van der Waals surface area contributed by atoms with Crippen molar-refractivity contribution in [2.75, 3.05) is 11.9 Å². The van der Waals surface area contributed by atoms with Crippen molar-refractivity contribution in [3.8, 4) is 11.3 Å². The van der Waals surface area contributed by atoms with Crippen molar-refractivity contribution < 1.29 is 27.2 Å². The Kier molecular flexibility index (Phi) is 9.08. The zero-order chi connectivity index (χ0) is 27.8. The van der Waals surface area contributed by atoms with Gasteiger partial charge in [-0.05, 0) is 37.0 Å². The quantitative estimate of drug-likeness (QED) is 0.159. The van der Waals surface area contributed by atoms with Gasteiger partial charge in [-0.15, -0.1) is 11.3 Å². The summed E-state index contributed by atoms with van der Waals surface area (Å²) in [5, 5.41) is 12.2. The van der Waals surface area contributed by atoms with Gasteiger partial charge in [0.2, 0.25) is 5.91 Å². The third-order valence-corrected chi connectivity index (χ3v) is 6.86. The van der Waals surface area contributed by atoms with E-state index in [9.17, 15) is 22.8 Å². The van der Waals surface area contributed by atoms with Crippen LogP contribution in [-0.2, 0) is 26.3 Å². The number of hydrogen-bond acceptors (Lipinski definition) is 9. The Balaban J connectivity index is 1.39. The van der Waals surface area contributed by atoms with Gasteiger partial charge in [-0.1, -0.05) is 36.4 Å². The Morgan fingerprint density at radius 3 is 2.72 bits per heavy atom. The molecule has 1 atom stereocenters. The molecule has 2 aromatic carbocycles. The van der Waals surface area contributed by atoms with Crippen LogP contribution in [0.4, 0.5) is 9.93 Å². The standard InChI is InChI=1S/C24H26N6O7S2/c25-39(34,35)26-11-5-4-8-18(29-23(32)36-13-15-6-2-1-3-7-15)21(31)30-22-27-19(14-38-22)16-9-10-17-20(12-16)37-24(33)28-17/h1-3,6-7,9-10,12,14,18,26H,4-5,8,11,13H2,(H,28,33)(H,29,32)(H2,25,34,35)(H,27,30,31)/t18-/m0/s1. The fraction of sp³-hybridized carbons (Fsp3) is 0.250. The minimum Gasteiger partial charge on any atom is -0.445 e. The number of nitrogens with zero attached hydrogens (tertiary/aromatic N) is 1. The van der Waals surface area contributed by atoms with Crippen LogP contribution in [0.25, 0.3) is 22.4 Å². The summed E-state index contributed by atoms with van der Waals surface area (Å²) in [6.45, 7) is 0.119. The van der Waals surface area contributed by atoms with Gasteiger partial charge in [-0.25, -0.2) is 24.4 Å². The molecule has 15 heteroatoms. The number of nitrogens with two attached hydrogens (primary N) is 1. The molecule has 0 spiro atoms. The van der Waals surface area contributed by atoms with Gasteiger partial charge >= 0.3 is 11.8 Å². The van der Waals surface area contributed by atoms with Gasteiger partial charge in [-0.2, -0.15) is 8.42 Å². The number of aromatic amines is 1. The molecule has 0 saturated carbocycles. The molecule has 2 heterocycles. The number of oxazole rings is 1. The van der Waals surface area contributed by atoms with Crippen LogP contribution in [0.1, 0.15) is 24.8 Å². The van der Waals surface area contributed by atoms with E-state index in [1.807, 2.05) is 18.2 Å². The number of unbranched alkanes of at least 4 members (excludes halogenated alkanes) is 1. The maximum absolute atomic E-state index is 13.1. The molecule has 2 amide bonds. The highest BCUT2D eigenvalue weighted by Crippen LogP contribution is 2.27. The van der Waals surface area contributed by atoms with E-state index in [4.69, 9.17) is 14.3 Å². The highest BCUT2D eigenvalue weighted by Gasteiger charge is 2.23. The zero-order valence-electron chi connectivity index (χ0n) is 20.5. The summed E-state index contributed by atoms with van der Waals surface area (Å²) in [6, 6.07) is 13.2. The highest BCUT2D eigenvalue weighted by atomic mass is 32.2. The highest BCUT2D eigenvalue weighted by molar-refractivity contribution is 7.87. The second-order valence-electron chi connectivity index (χ2n) is 8.45. The van der Waals surface area contributed by atoms with Crippen molar-refractivity contribution in [3.63, 3.8) is 0 Å². The van der Waals surface area contributed by atoms with Gasteiger partial charge in [-0.3, -0.25) is 9.78 Å². The molecule has 0 radical (unpaired) electrons. The van der Waals surface area contributed by atoms with Crippen molar-refractivity contribution in [1.82, 2.24) is 20.0 Å². The molecule has 0 saturated heterocycles. The van der Waals surface area contributed by atoms with Crippen LogP contribution in [0.15, 0.2) is 63.1 Å². The molecule has 0 bridgehead atoms. The second-order valence-corrected chi connectivity index (χ2v) is 10.7. The van der Waals surface area contributed by atoms with E-state index in [1.165, 1.54) is 11.3 Å². The van der Waals surface area contributed by atoms with Crippen LogP contribution in [-0.4, -0.2) is 43.0 Å². The Bertz CT molecular complexity index is 1600. The number of amides is 2. The van der Waals surface area contributed by atoms with Crippen molar-refractivity contribution in [3.05, 3.63) is 70.0 Å². The van der Waals surface area contributed by atoms with Gasteiger partial charge in [0.15, 0.2) is 10.7 Å². The molecule has 0 unspecified atom stereocenters. The minimum absolute atomic E-state index is 0.0285. The minimum atomic E-state index is -3.82. The van der Waals surface area contributed by atoms with Gasteiger partial charge in [0.05, 0.1) is 11.2 Å². The number of fused-ring (bicyclic) bond motifs is 1. The molecule has 0 fully saturated rings. The molecule has 0 aliphatic rings. The van der Waals surface area contributed by atoms with Gasteiger partial charge in [0.25, 0.3) is 10.2 Å². The van der Waals surface area contributed by atoms with E-state index in [0.29, 0.717) is 40.3 Å². The number of rotatable bonds is 12. The summed E-state index contributed by atoms with van der Waals surface area (Å²) in [5.74, 6) is -1.08. The molecule has 206 valence electrons. The molecule has 4 aromatic rings. The van der Waals surface area contributed by atoms with Crippen LogP contribution < -0.4 is 26.3 Å². The van der Waals surface area contributed by atoms with Crippen LogP contribution >= 0.6 is 11.3 Å². The lowest BCUT2D eigenvalue weighted by molar-refractivity contribution is -0.118. The average molecular weight is 575 g/mol. The van der Waals surface area contributed by atoms with Gasteiger partial charge in [0.1, 0.15) is 12.6 Å². The van der Waals surface area contributed by atoms with Crippen molar-refractivity contribution in [2.24, 2.45) is 5.14 Å². The third-order valence-electron chi connectivity index (χ3n) is 5.50. The molecule has 39 heavy (non-hydrogen) atoms. The number of benzene rings is 2. The number of H-pyrrole nitrogens is 1. The summed E-state index contributed by atoms with van der Waals surface area (Å²) in [5.41, 5.74) is 2.96. The summed E-state index contributed by atoms with van der Waals surface area (Å²) < 4.78 is 34.6. The maximum atomic E-state index is 13.1. The van der Waals surface area contributed by atoms with Gasteiger partial charge < -0.3 is 19.8 Å². The number of ether oxygens (including phenoxy) is 1. The molecule has 4 rings (SSSR count). The smallest absolute Gasteiger partial charge is 0.417 e. The molecular weight excluding hydrogens is 548 g/mol. The number of thiazole rings is 1. The summed E-state index contributed by atoms with van der Waals surface area (Å²) in [7, 11) is -3.82. The number of anilines is 1. The fourth-order valence-corrected chi connectivity index (χ4v) is 4.78. The Labute approximate surface area is 227 Å². The topological polar surface area (TPSA) is 199 Å². The van der Waals surface area contributed by atoms with Crippen LogP contribution in [0, 0.1) is 0 Å². The Morgan fingerprint density at radius 1 is 1.15 bits per heavy atom. The molecule has 2 aromatic heterocycles. The van der Waals surface area contributed by atoms with E-state index in [-0.39, 0.29) is 19.6 Å². The summed E-state index contributed by atoms with van der Waals surface area (Å²) >= 11 is 1.18. The van der Waals surface area contributed by atoms with E-state index >= 15 is 0 Å². The molecule has 6 N–H and O–H groups in total. The Hall–Kier alpha value is -4.05. The lowest BCUT2D eigenvalue weighted by Gasteiger charge is -2.17. The van der Waals surface area contributed by atoms with Crippen LogP contribution in [0.2, 0.25) is 0 Å². The maximum Gasteiger partial charge on any atom is 0.417 e. The van der Waals surface area contributed by atoms with Crippen molar-refractivity contribution >= 4 is 49.8 Å². The largest absolute Gasteiger partial charge is 0.445 e. The van der Waals surface area contributed by atoms with E-state index in [0.717, 1.165) is 5.56 Å². The first kappa shape index (κ1) is 28.0. The second kappa shape index (κ2) is 12.7. The lowest BCUT2D eigenvalue weighted by Crippen LogP contribution is -2.44.